The summed E-state index contributed by atoms with van der Waals surface area (Å²) in [4.78, 5) is 7.06. The van der Waals surface area contributed by atoms with Gasteiger partial charge in [-0.2, -0.15) is 0 Å². The number of pyridine rings is 1. The predicted molar refractivity (Wildman–Crippen MR) is 78.6 cm³/mol. The normalized spacial score (nSPS) is 12.1. The van der Waals surface area contributed by atoms with E-state index in [0.29, 0.717) is 5.41 Å². The Morgan fingerprint density at radius 2 is 1.94 bits per heavy atom. The quantitative estimate of drug-likeness (QED) is 0.759. The molecule has 1 rings (SSSR count). The van der Waals surface area contributed by atoms with Crippen LogP contribution in [-0.4, -0.2) is 23.0 Å². The summed E-state index contributed by atoms with van der Waals surface area (Å²) in [5.74, 6) is 0. The Morgan fingerprint density at radius 1 is 1.22 bits per heavy atom. The average Bonchev–Trinajstić information content (AvgIpc) is 2.29. The first-order chi connectivity index (χ1) is 8.46. The first kappa shape index (κ1) is 15.2. The van der Waals surface area contributed by atoms with Gasteiger partial charge in [-0.25, -0.2) is 0 Å². The summed E-state index contributed by atoms with van der Waals surface area (Å²) in [5, 5.41) is 0. The molecule has 0 N–H and O–H groups in total. The third kappa shape index (κ3) is 5.18. The van der Waals surface area contributed by atoms with E-state index in [4.69, 9.17) is 0 Å². The lowest BCUT2D eigenvalue weighted by Gasteiger charge is -2.23. The van der Waals surface area contributed by atoms with E-state index in [1.165, 1.54) is 17.7 Å². The van der Waals surface area contributed by atoms with Crippen LogP contribution in [0.5, 0.6) is 0 Å². The van der Waals surface area contributed by atoms with E-state index in [2.05, 4.69) is 56.6 Å². The first-order valence-electron chi connectivity index (χ1n) is 7.11. The molecule has 102 valence electrons. The summed E-state index contributed by atoms with van der Waals surface area (Å²) in [7, 11) is 0. The van der Waals surface area contributed by atoms with Crippen molar-refractivity contribution in [3.8, 4) is 0 Å². The van der Waals surface area contributed by atoms with E-state index < -0.39 is 0 Å². The fraction of sp³-hybridized carbons (Fsp3) is 0.688. The first-order valence-corrected chi connectivity index (χ1v) is 7.11. The number of hydrogen-bond acceptors (Lipinski definition) is 2. The molecule has 18 heavy (non-hydrogen) atoms. The van der Waals surface area contributed by atoms with Crippen LogP contribution >= 0.6 is 0 Å². The Labute approximate surface area is 112 Å². The van der Waals surface area contributed by atoms with Gasteiger partial charge in [0.1, 0.15) is 0 Å². The molecule has 0 aliphatic rings. The lowest BCUT2D eigenvalue weighted by Crippen LogP contribution is -2.25. The maximum Gasteiger partial charge on any atom is 0.0576 e. The highest BCUT2D eigenvalue weighted by Crippen LogP contribution is 2.22. The monoisotopic (exact) mass is 248 g/mol. The van der Waals surface area contributed by atoms with E-state index in [9.17, 15) is 0 Å². The summed E-state index contributed by atoms with van der Waals surface area (Å²) in [6.07, 6.45) is 4.22. The van der Waals surface area contributed by atoms with Gasteiger partial charge < -0.3 is 0 Å². The molecule has 0 saturated heterocycles. The molecule has 0 radical (unpaired) electrons. The molecule has 0 bridgehead atoms. The zero-order valence-corrected chi connectivity index (χ0v) is 12.7. The van der Waals surface area contributed by atoms with Crippen LogP contribution in [0.25, 0.3) is 0 Å². The summed E-state index contributed by atoms with van der Waals surface area (Å²) < 4.78 is 0. The molecule has 0 unspecified atom stereocenters. The summed E-state index contributed by atoms with van der Waals surface area (Å²) in [6, 6.07) is 4.29. The van der Waals surface area contributed by atoms with Crippen molar-refractivity contribution in [2.24, 2.45) is 5.41 Å². The summed E-state index contributed by atoms with van der Waals surface area (Å²) >= 11 is 0. The lowest BCUT2D eigenvalue weighted by atomic mass is 9.87. The summed E-state index contributed by atoms with van der Waals surface area (Å²) in [5.41, 5.74) is 2.97. The van der Waals surface area contributed by atoms with Gasteiger partial charge in [0.15, 0.2) is 0 Å². The molecular formula is C16H28N2. The molecule has 1 aromatic heterocycles. The molecule has 1 heterocycles. The van der Waals surface area contributed by atoms with E-state index in [0.717, 1.165) is 26.1 Å². The average molecular weight is 248 g/mol. The van der Waals surface area contributed by atoms with Gasteiger partial charge in [-0.1, -0.05) is 40.7 Å². The Kier molecular flexibility index (Phi) is 5.80. The van der Waals surface area contributed by atoms with Crippen LogP contribution in [0.15, 0.2) is 18.3 Å². The van der Waals surface area contributed by atoms with Crippen molar-refractivity contribution in [2.75, 3.05) is 13.1 Å². The minimum Gasteiger partial charge on any atom is -0.298 e. The smallest absolute Gasteiger partial charge is 0.0576 e. The second kappa shape index (κ2) is 6.89. The maximum absolute atomic E-state index is 4.59. The zero-order valence-electron chi connectivity index (χ0n) is 12.7. The number of nitrogens with zero attached hydrogens (tertiary/aromatic N) is 2. The van der Waals surface area contributed by atoms with Crippen molar-refractivity contribution in [2.45, 2.75) is 54.0 Å². The Bertz CT molecular complexity index is 352. The fourth-order valence-electron chi connectivity index (χ4n) is 2.22. The molecule has 0 fully saturated rings. The largest absolute Gasteiger partial charge is 0.298 e. The fourth-order valence-corrected chi connectivity index (χ4v) is 2.22. The van der Waals surface area contributed by atoms with E-state index in [1.54, 1.807) is 0 Å². The van der Waals surface area contributed by atoms with Gasteiger partial charge in [0.25, 0.3) is 0 Å². The van der Waals surface area contributed by atoms with Crippen LogP contribution in [0.1, 0.15) is 52.3 Å². The topological polar surface area (TPSA) is 16.1 Å². The van der Waals surface area contributed by atoms with Crippen molar-refractivity contribution < 1.29 is 0 Å². The minimum atomic E-state index is 0.319. The Morgan fingerprint density at radius 3 is 2.50 bits per heavy atom. The van der Waals surface area contributed by atoms with Crippen molar-refractivity contribution in [1.82, 2.24) is 9.88 Å². The molecule has 0 atom stereocenters. The second-order valence-electron chi connectivity index (χ2n) is 6.22. The summed E-state index contributed by atoms with van der Waals surface area (Å²) in [6.45, 7) is 14.5. The molecular weight excluding hydrogens is 220 g/mol. The molecule has 1 aromatic rings. The zero-order chi connectivity index (χ0) is 13.6. The third-order valence-electron chi connectivity index (χ3n) is 3.07. The molecule has 0 aromatic carbocycles. The second-order valence-corrected chi connectivity index (χ2v) is 6.22. The Balaban J connectivity index is 2.81. The lowest BCUT2D eigenvalue weighted by molar-refractivity contribution is 0.275. The van der Waals surface area contributed by atoms with Gasteiger partial charge in [-0.15, -0.1) is 0 Å². The van der Waals surface area contributed by atoms with E-state index in [1.807, 2.05) is 6.20 Å². The van der Waals surface area contributed by atoms with Gasteiger partial charge in [0, 0.05) is 12.7 Å². The minimum absolute atomic E-state index is 0.319. The van der Waals surface area contributed by atoms with Crippen LogP contribution in [0.2, 0.25) is 0 Å². The SMILES string of the molecule is CCCN(CC)Cc1ncccc1CC(C)(C)C. The molecule has 0 spiro atoms. The highest BCUT2D eigenvalue weighted by Gasteiger charge is 2.15. The van der Waals surface area contributed by atoms with Crippen molar-refractivity contribution in [3.63, 3.8) is 0 Å². The number of hydrogen-bond donors (Lipinski definition) is 0. The number of aromatic nitrogens is 1. The van der Waals surface area contributed by atoms with Gasteiger partial charge in [0.2, 0.25) is 0 Å². The van der Waals surface area contributed by atoms with Gasteiger partial charge in [0.05, 0.1) is 5.69 Å². The highest BCUT2D eigenvalue weighted by molar-refractivity contribution is 5.21. The predicted octanol–water partition coefficient (Wildman–Crippen LogP) is 3.90. The molecule has 0 aliphatic heterocycles. The Hall–Kier alpha value is -0.890. The van der Waals surface area contributed by atoms with Crippen LogP contribution in [0, 0.1) is 5.41 Å². The van der Waals surface area contributed by atoms with E-state index >= 15 is 0 Å². The molecule has 2 heteroatoms. The highest BCUT2D eigenvalue weighted by atomic mass is 15.1. The number of rotatable bonds is 6. The van der Waals surface area contributed by atoms with Crippen LogP contribution in [-0.2, 0) is 13.0 Å². The van der Waals surface area contributed by atoms with Crippen LogP contribution in [0.3, 0.4) is 0 Å². The maximum atomic E-state index is 4.59. The molecule has 0 amide bonds. The molecule has 0 saturated carbocycles. The molecule has 2 nitrogen and oxygen atoms in total. The van der Waals surface area contributed by atoms with Crippen LogP contribution < -0.4 is 0 Å². The van der Waals surface area contributed by atoms with Gasteiger partial charge >= 0.3 is 0 Å². The van der Waals surface area contributed by atoms with E-state index in [-0.39, 0.29) is 0 Å². The standard InChI is InChI=1S/C16H28N2/c1-6-11-18(7-2)13-15-14(9-8-10-17-15)12-16(3,4)5/h8-10H,6-7,11-13H2,1-5H3. The third-order valence-corrected chi connectivity index (χ3v) is 3.07. The van der Waals surface area contributed by atoms with Crippen molar-refractivity contribution >= 4 is 0 Å². The van der Waals surface area contributed by atoms with Crippen molar-refractivity contribution in [3.05, 3.63) is 29.6 Å². The van der Waals surface area contributed by atoms with Crippen LogP contribution in [0.4, 0.5) is 0 Å². The van der Waals surface area contributed by atoms with Gasteiger partial charge in [-0.05, 0) is 43.0 Å². The molecule has 0 aliphatic carbocycles. The van der Waals surface area contributed by atoms with Crippen molar-refractivity contribution in [1.29, 1.82) is 0 Å². The van der Waals surface area contributed by atoms with Gasteiger partial charge in [-0.3, -0.25) is 9.88 Å².